The van der Waals surface area contributed by atoms with Crippen LogP contribution in [0.4, 0.5) is 11.4 Å². The maximum absolute atomic E-state index is 10.8. The normalized spacial score (nSPS) is 10.7. The molecule has 0 aliphatic heterocycles. The zero-order valence-corrected chi connectivity index (χ0v) is 10.8. The Kier molecular flexibility index (Phi) is 5.54. The molecule has 0 aromatic heterocycles. The second-order valence-electron chi connectivity index (χ2n) is 4.33. The minimum atomic E-state index is -0.393. The van der Waals surface area contributed by atoms with Gasteiger partial charge in [0.05, 0.1) is 10.6 Å². The highest BCUT2D eigenvalue weighted by atomic mass is 16.6. The lowest BCUT2D eigenvalue weighted by Crippen LogP contribution is -2.20. The second kappa shape index (κ2) is 6.93. The minimum absolute atomic E-state index is 0.0906. The summed E-state index contributed by atoms with van der Waals surface area (Å²) >= 11 is 0. The van der Waals surface area contributed by atoms with E-state index < -0.39 is 4.92 Å². The summed E-state index contributed by atoms with van der Waals surface area (Å²) in [7, 11) is 1.99. The average molecular weight is 252 g/mol. The molecule has 0 heterocycles. The van der Waals surface area contributed by atoms with Gasteiger partial charge in [0, 0.05) is 18.7 Å². The van der Waals surface area contributed by atoms with Crippen molar-refractivity contribution in [3.8, 4) is 0 Å². The summed E-state index contributed by atoms with van der Waals surface area (Å²) in [5.74, 6) is 5.41. The molecule has 1 aromatic carbocycles. The van der Waals surface area contributed by atoms with Crippen LogP contribution in [0.2, 0.25) is 0 Å². The number of non-ortho nitro benzene ring substituents is 1. The van der Waals surface area contributed by atoms with Gasteiger partial charge in [-0.3, -0.25) is 16.0 Å². The zero-order valence-electron chi connectivity index (χ0n) is 10.8. The predicted octanol–water partition coefficient (Wildman–Crippen LogP) is 2.11. The average Bonchev–Trinajstić information content (AvgIpc) is 2.36. The smallest absolute Gasteiger partial charge is 0.269 e. The number of rotatable bonds is 7. The van der Waals surface area contributed by atoms with Crippen molar-refractivity contribution in [1.82, 2.24) is 4.90 Å². The van der Waals surface area contributed by atoms with Crippen molar-refractivity contribution in [3.63, 3.8) is 0 Å². The highest BCUT2D eigenvalue weighted by Crippen LogP contribution is 2.22. The van der Waals surface area contributed by atoms with Gasteiger partial charge in [-0.15, -0.1) is 0 Å². The number of nitro groups is 1. The van der Waals surface area contributed by atoms with Gasteiger partial charge in [0.15, 0.2) is 0 Å². The Morgan fingerprint density at radius 1 is 1.50 bits per heavy atom. The lowest BCUT2D eigenvalue weighted by molar-refractivity contribution is -0.384. The number of nitro benzene ring substituents is 1. The SMILES string of the molecule is CCCCN(C)Cc1cc([N+](=O)[O-])ccc1NN. The molecular weight excluding hydrogens is 232 g/mol. The zero-order chi connectivity index (χ0) is 13.5. The van der Waals surface area contributed by atoms with E-state index in [0.717, 1.165) is 30.6 Å². The van der Waals surface area contributed by atoms with Gasteiger partial charge in [-0.1, -0.05) is 13.3 Å². The van der Waals surface area contributed by atoms with Crippen LogP contribution >= 0.6 is 0 Å². The summed E-state index contributed by atoms with van der Waals surface area (Å²) in [6, 6.07) is 4.66. The summed E-state index contributed by atoms with van der Waals surface area (Å²) in [5, 5.41) is 10.8. The van der Waals surface area contributed by atoms with Crippen molar-refractivity contribution < 1.29 is 4.92 Å². The molecule has 0 aliphatic rings. The molecule has 0 bridgehead atoms. The Labute approximate surface area is 107 Å². The van der Waals surface area contributed by atoms with Gasteiger partial charge in [-0.05, 0) is 31.6 Å². The van der Waals surface area contributed by atoms with E-state index in [9.17, 15) is 10.1 Å². The van der Waals surface area contributed by atoms with Crippen molar-refractivity contribution in [3.05, 3.63) is 33.9 Å². The third-order valence-electron chi connectivity index (χ3n) is 2.79. The van der Waals surface area contributed by atoms with Crippen molar-refractivity contribution in [2.45, 2.75) is 26.3 Å². The number of nitrogens with two attached hydrogens (primary N) is 1. The van der Waals surface area contributed by atoms with Crippen LogP contribution in [-0.4, -0.2) is 23.4 Å². The molecule has 1 aromatic rings. The maximum Gasteiger partial charge on any atom is 0.269 e. The van der Waals surface area contributed by atoms with Gasteiger partial charge >= 0.3 is 0 Å². The van der Waals surface area contributed by atoms with Gasteiger partial charge in [-0.25, -0.2) is 0 Å². The first-order valence-corrected chi connectivity index (χ1v) is 6.01. The molecule has 1 rings (SSSR count). The molecule has 0 atom stereocenters. The first-order valence-electron chi connectivity index (χ1n) is 6.01. The van der Waals surface area contributed by atoms with E-state index in [4.69, 9.17) is 5.84 Å². The largest absolute Gasteiger partial charge is 0.324 e. The monoisotopic (exact) mass is 252 g/mol. The molecular formula is C12H20N4O2. The third-order valence-corrected chi connectivity index (χ3v) is 2.79. The van der Waals surface area contributed by atoms with Gasteiger partial charge in [0.2, 0.25) is 0 Å². The van der Waals surface area contributed by atoms with Gasteiger partial charge in [-0.2, -0.15) is 0 Å². The summed E-state index contributed by atoms with van der Waals surface area (Å²) < 4.78 is 0. The number of anilines is 1. The molecule has 0 radical (unpaired) electrons. The molecule has 0 spiro atoms. The Hall–Kier alpha value is -1.66. The second-order valence-corrected chi connectivity index (χ2v) is 4.33. The van der Waals surface area contributed by atoms with Crippen molar-refractivity contribution >= 4 is 11.4 Å². The Bertz CT molecular complexity index is 409. The van der Waals surface area contributed by atoms with E-state index in [-0.39, 0.29) is 5.69 Å². The lowest BCUT2D eigenvalue weighted by Gasteiger charge is -2.18. The first kappa shape index (κ1) is 14.4. The number of unbranched alkanes of at least 4 members (excludes halogenated alkanes) is 1. The Balaban J connectivity index is 2.84. The van der Waals surface area contributed by atoms with Crippen LogP contribution in [0.1, 0.15) is 25.3 Å². The molecule has 0 saturated carbocycles. The summed E-state index contributed by atoms with van der Waals surface area (Å²) in [6.45, 7) is 3.73. The third kappa shape index (κ3) is 3.97. The van der Waals surface area contributed by atoms with Crippen LogP contribution in [0.15, 0.2) is 18.2 Å². The highest BCUT2D eigenvalue weighted by Gasteiger charge is 2.11. The van der Waals surface area contributed by atoms with E-state index in [2.05, 4.69) is 17.2 Å². The first-order chi connectivity index (χ1) is 8.58. The minimum Gasteiger partial charge on any atom is -0.324 e. The fourth-order valence-corrected chi connectivity index (χ4v) is 1.76. The maximum atomic E-state index is 10.8. The molecule has 0 saturated heterocycles. The van der Waals surface area contributed by atoms with Crippen molar-refractivity contribution in [2.75, 3.05) is 19.0 Å². The molecule has 0 amide bonds. The molecule has 3 N–H and O–H groups in total. The van der Waals surface area contributed by atoms with E-state index in [1.807, 2.05) is 7.05 Å². The van der Waals surface area contributed by atoms with E-state index in [1.54, 1.807) is 12.1 Å². The van der Waals surface area contributed by atoms with Crippen molar-refractivity contribution in [2.24, 2.45) is 5.84 Å². The molecule has 18 heavy (non-hydrogen) atoms. The molecule has 0 unspecified atom stereocenters. The number of hydrogen-bond acceptors (Lipinski definition) is 5. The van der Waals surface area contributed by atoms with Crippen LogP contribution in [0.3, 0.4) is 0 Å². The molecule has 0 aliphatic carbocycles. The number of nitrogen functional groups attached to an aromatic ring is 1. The van der Waals surface area contributed by atoms with Crippen LogP contribution in [-0.2, 0) is 6.54 Å². The Morgan fingerprint density at radius 2 is 2.22 bits per heavy atom. The van der Waals surface area contributed by atoms with Crippen LogP contribution in [0.5, 0.6) is 0 Å². The highest BCUT2D eigenvalue weighted by molar-refractivity contribution is 5.55. The molecule has 100 valence electrons. The Morgan fingerprint density at radius 3 is 2.78 bits per heavy atom. The number of nitrogens with zero attached hydrogens (tertiary/aromatic N) is 2. The van der Waals surface area contributed by atoms with E-state index in [0.29, 0.717) is 6.54 Å². The number of hydrazine groups is 1. The fourth-order valence-electron chi connectivity index (χ4n) is 1.76. The van der Waals surface area contributed by atoms with E-state index in [1.165, 1.54) is 6.07 Å². The standard InChI is InChI=1S/C12H20N4O2/c1-3-4-7-15(2)9-10-8-11(16(17)18)5-6-12(10)14-13/h5-6,8,14H,3-4,7,9,13H2,1-2H3. The number of nitrogens with one attached hydrogen (secondary N) is 1. The fraction of sp³-hybridized carbons (Fsp3) is 0.500. The number of benzene rings is 1. The summed E-state index contributed by atoms with van der Waals surface area (Å²) in [5.41, 5.74) is 4.23. The molecule has 6 nitrogen and oxygen atoms in total. The van der Waals surface area contributed by atoms with Crippen LogP contribution in [0.25, 0.3) is 0 Å². The predicted molar refractivity (Wildman–Crippen MR) is 72.1 cm³/mol. The van der Waals surface area contributed by atoms with Gasteiger partial charge in [0.25, 0.3) is 5.69 Å². The summed E-state index contributed by atoms with van der Waals surface area (Å²) in [4.78, 5) is 12.5. The van der Waals surface area contributed by atoms with Gasteiger partial charge in [0.1, 0.15) is 0 Å². The van der Waals surface area contributed by atoms with E-state index >= 15 is 0 Å². The van der Waals surface area contributed by atoms with Crippen LogP contribution < -0.4 is 11.3 Å². The topological polar surface area (TPSA) is 84.4 Å². The lowest BCUT2D eigenvalue weighted by atomic mass is 10.1. The number of hydrogen-bond donors (Lipinski definition) is 2. The van der Waals surface area contributed by atoms with Gasteiger partial charge < -0.3 is 10.3 Å². The summed E-state index contributed by atoms with van der Waals surface area (Å²) in [6.07, 6.45) is 2.23. The molecule has 6 heteroatoms. The van der Waals surface area contributed by atoms with Crippen LogP contribution in [0, 0.1) is 10.1 Å². The molecule has 0 fully saturated rings. The van der Waals surface area contributed by atoms with Crippen molar-refractivity contribution in [1.29, 1.82) is 0 Å². The quantitative estimate of drug-likeness (QED) is 0.441.